The average Bonchev–Trinajstić information content (AvgIpc) is 2.90. The summed E-state index contributed by atoms with van der Waals surface area (Å²) in [6, 6.07) is 8.74. The van der Waals surface area contributed by atoms with E-state index in [1.807, 2.05) is 6.92 Å². The molecular formula is C26H33Cl2N3O6S. The number of halogens is 2. The topological polar surface area (TPSA) is 105 Å². The minimum absolute atomic E-state index is 0.0825. The lowest BCUT2D eigenvalue weighted by Gasteiger charge is -2.32. The van der Waals surface area contributed by atoms with Crippen molar-refractivity contribution in [2.75, 3.05) is 36.4 Å². The van der Waals surface area contributed by atoms with Gasteiger partial charge in [-0.25, -0.2) is 8.42 Å². The molecular weight excluding hydrogens is 553 g/mol. The Morgan fingerprint density at radius 1 is 1.05 bits per heavy atom. The van der Waals surface area contributed by atoms with Gasteiger partial charge >= 0.3 is 0 Å². The molecule has 0 saturated carbocycles. The molecule has 0 radical (unpaired) electrons. The summed E-state index contributed by atoms with van der Waals surface area (Å²) in [6.45, 7) is 5.65. The van der Waals surface area contributed by atoms with E-state index in [0.717, 1.165) is 17.1 Å². The maximum Gasteiger partial charge on any atom is 0.244 e. The lowest BCUT2D eigenvalue weighted by atomic mass is 10.1. The van der Waals surface area contributed by atoms with E-state index in [-0.39, 0.29) is 23.9 Å². The molecule has 38 heavy (non-hydrogen) atoms. The predicted molar refractivity (Wildman–Crippen MR) is 149 cm³/mol. The number of nitrogens with one attached hydrogen (secondary N) is 1. The average molecular weight is 587 g/mol. The zero-order valence-electron chi connectivity index (χ0n) is 21.7. The van der Waals surface area contributed by atoms with Crippen molar-refractivity contribution in [3.8, 4) is 11.5 Å². The van der Waals surface area contributed by atoms with Crippen molar-refractivity contribution in [1.82, 2.24) is 10.2 Å². The molecule has 9 nitrogen and oxygen atoms in total. The third-order valence-electron chi connectivity index (χ3n) is 6.18. The van der Waals surface area contributed by atoms with Gasteiger partial charge in [0.15, 0.2) is 11.5 Å². The molecule has 0 fully saturated rings. The van der Waals surface area contributed by atoms with E-state index in [2.05, 4.69) is 5.32 Å². The summed E-state index contributed by atoms with van der Waals surface area (Å²) in [7, 11) is -3.88. The van der Waals surface area contributed by atoms with E-state index in [0.29, 0.717) is 46.9 Å². The van der Waals surface area contributed by atoms with Crippen molar-refractivity contribution in [2.24, 2.45) is 0 Å². The highest BCUT2D eigenvalue weighted by Gasteiger charge is 2.32. The Hall–Kier alpha value is -2.69. The van der Waals surface area contributed by atoms with Gasteiger partial charge < -0.3 is 19.7 Å². The maximum absolute atomic E-state index is 13.8. The summed E-state index contributed by atoms with van der Waals surface area (Å²) in [4.78, 5) is 28.0. The van der Waals surface area contributed by atoms with Crippen molar-refractivity contribution in [3.05, 3.63) is 52.0 Å². The lowest BCUT2D eigenvalue weighted by Crippen LogP contribution is -2.51. The van der Waals surface area contributed by atoms with Crippen LogP contribution in [0.3, 0.4) is 0 Å². The van der Waals surface area contributed by atoms with Gasteiger partial charge in [-0.05, 0) is 44.5 Å². The quantitative estimate of drug-likeness (QED) is 0.373. The first kappa shape index (κ1) is 29.9. The van der Waals surface area contributed by atoms with Gasteiger partial charge in [0.25, 0.3) is 0 Å². The Balaban J connectivity index is 1.96. The smallest absolute Gasteiger partial charge is 0.244 e. The van der Waals surface area contributed by atoms with Crippen molar-refractivity contribution in [1.29, 1.82) is 0 Å². The fraction of sp³-hybridized carbons (Fsp3) is 0.462. The van der Waals surface area contributed by atoms with Crippen LogP contribution in [0.15, 0.2) is 36.4 Å². The van der Waals surface area contributed by atoms with Crippen LogP contribution in [-0.2, 0) is 26.2 Å². The van der Waals surface area contributed by atoms with Gasteiger partial charge in [-0.3, -0.25) is 13.9 Å². The third kappa shape index (κ3) is 7.24. The van der Waals surface area contributed by atoms with Crippen molar-refractivity contribution >= 4 is 50.7 Å². The van der Waals surface area contributed by atoms with Gasteiger partial charge in [0.05, 0.1) is 11.4 Å². The summed E-state index contributed by atoms with van der Waals surface area (Å²) in [5, 5.41) is 3.50. The fourth-order valence-electron chi connectivity index (χ4n) is 3.88. The van der Waals surface area contributed by atoms with Crippen LogP contribution >= 0.6 is 23.2 Å². The number of ether oxygens (including phenoxy) is 2. The molecule has 208 valence electrons. The number of hydrogen-bond acceptors (Lipinski definition) is 6. The van der Waals surface area contributed by atoms with Crippen LogP contribution in [0, 0.1) is 0 Å². The van der Waals surface area contributed by atoms with Crippen LogP contribution in [0.2, 0.25) is 10.0 Å². The van der Waals surface area contributed by atoms with Crippen molar-refractivity contribution < 1.29 is 27.5 Å². The van der Waals surface area contributed by atoms with E-state index in [4.69, 9.17) is 32.7 Å². The molecule has 1 aliphatic rings. The van der Waals surface area contributed by atoms with E-state index in [1.165, 1.54) is 17.9 Å². The second-order valence-electron chi connectivity index (χ2n) is 8.78. The van der Waals surface area contributed by atoms with Gasteiger partial charge in [-0.15, -0.1) is 0 Å². The SMILES string of the molecule is CCCCNC(=O)[C@@H](C)N(Cc1c(Cl)cccc1Cl)C(=O)CN(c1ccc2c(c1)OCCO2)S(=O)(=O)CC. The fourth-order valence-corrected chi connectivity index (χ4v) is 5.45. The largest absolute Gasteiger partial charge is 0.486 e. The molecule has 0 bridgehead atoms. The predicted octanol–water partition coefficient (Wildman–Crippen LogP) is 4.25. The number of amides is 2. The zero-order valence-corrected chi connectivity index (χ0v) is 24.0. The molecule has 1 atom stereocenters. The number of benzene rings is 2. The Morgan fingerprint density at radius 3 is 2.34 bits per heavy atom. The number of anilines is 1. The summed E-state index contributed by atoms with van der Waals surface area (Å²) in [6.07, 6.45) is 1.68. The van der Waals surface area contributed by atoms with Crippen molar-refractivity contribution in [3.63, 3.8) is 0 Å². The highest BCUT2D eigenvalue weighted by Crippen LogP contribution is 2.35. The Labute approximate surface area is 234 Å². The van der Waals surface area contributed by atoms with Crippen LogP contribution < -0.4 is 19.1 Å². The molecule has 0 unspecified atom stereocenters. The first-order valence-corrected chi connectivity index (χ1v) is 14.9. The molecule has 2 aromatic rings. The monoisotopic (exact) mass is 585 g/mol. The van der Waals surface area contributed by atoms with Gasteiger partial charge in [-0.2, -0.15) is 0 Å². The molecule has 1 heterocycles. The van der Waals surface area contributed by atoms with E-state index < -0.39 is 28.5 Å². The Bertz CT molecular complexity index is 1240. The molecule has 0 saturated heterocycles. The molecule has 12 heteroatoms. The normalized spacial score (nSPS) is 13.5. The van der Waals surface area contributed by atoms with Gasteiger partial charge in [0.2, 0.25) is 21.8 Å². The molecule has 0 aromatic heterocycles. The summed E-state index contributed by atoms with van der Waals surface area (Å²) in [5.41, 5.74) is 0.710. The minimum atomic E-state index is -3.88. The number of nitrogens with zero attached hydrogens (tertiary/aromatic N) is 2. The van der Waals surface area contributed by atoms with Crippen LogP contribution in [0.5, 0.6) is 11.5 Å². The minimum Gasteiger partial charge on any atom is -0.486 e. The number of carbonyl (C=O) groups is 2. The van der Waals surface area contributed by atoms with Crippen LogP contribution in [0.1, 0.15) is 39.2 Å². The maximum atomic E-state index is 13.8. The number of carbonyl (C=O) groups excluding carboxylic acids is 2. The number of hydrogen-bond donors (Lipinski definition) is 1. The van der Waals surface area contributed by atoms with E-state index in [9.17, 15) is 18.0 Å². The standard InChI is InChI=1S/C26H33Cl2N3O6S/c1-4-6-12-29-26(33)18(3)30(16-20-21(27)8-7-9-22(20)28)25(32)17-31(38(34,35)5-2)19-10-11-23-24(15-19)37-14-13-36-23/h7-11,15,18H,4-6,12-14,16-17H2,1-3H3,(H,29,33)/t18-/m1/s1. The van der Waals surface area contributed by atoms with Gasteiger partial charge in [-0.1, -0.05) is 42.6 Å². The third-order valence-corrected chi connectivity index (χ3v) is 8.63. The van der Waals surface area contributed by atoms with Crippen LogP contribution in [0.4, 0.5) is 5.69 Å². The van der Waals surface area contributed by atoms with E-state index >= 15 is 0 Å². The van der Waals surface area contributed by atoms with Crippen LogP contribution in [0.25, 0.3) is 0 Å². The Morgan fingerprint density at radius 2 is 1.71 bits per heavy atom. The molecule has 0 aliphatic carbocycles. The summed E-state index contributed by atoms with van der Waals surface area (Å²) in [5.74, 6) is -0.309. The molecule has 2 amide bonds. The second-order valence-corrected chi connectivity index (χ2v) is 11.8. The lowest BCUT2D eigenvalue weighted by molar-refractivity contribution is -0.139. The van der Waals surface area contributed by atoms with E-state index in [1.54, 1.807) is 37.3 Å². The van der Waals surface area contributed by atoms with Gasteiger partial charge in [0.1, 0.15) is 25.8 Å². The van der Waals surface area contributed by atoms with Crippen LogP contribution in [-0.4, -0.2) is 63.2 Å². The molecule has 1 aliphatic heterocycles. The summed E-state index contributed by atoms with van der Waals surface area (Å²) < 4.78 is 38.4. The number of sulfonamides is 1. The number of rotatable bonds is 12. The second kappa shape index (κ2) is 13.4. The first-order chi connectivity index (χ1) is 18.1. The summed E-state index contributed by atoms with van der Waals surface area (Å²) >= 11 is 12.7. The molecule has 0 spiro atoms. The molecule has 2 aromatic carbocycles. The Kier molecular flexibility index (Phi) is 10.5. The molecule has 1 N–H and O–H groups in total. The van der Waals surface area contributed by atoms with Gasteiger partial charge in [0, 0.05) is 34.8 Å². The highest BCUT2D eigenvalue weighted by atomic mass is 35.5. The molecule has 3 rings (SSSR count). The number of unbranched alkanes of at least 4 members (excludes halogenated alkanes) is 1. The number of fused-ring (bicyclic) bond motifs is 1. The highest BCUT2D eigenvalue weighted by molar-refractivity contribution is 7.92. The van der Waals surface area contributed by atoms with Crippen molar-refractivity contribution in [2.45, 2.75) is 46.2 Å². The zero-order chi connectivity index (χ0) is 27.9. The first-order valence-electron chi connectivity index (χ1n) is 12.5.